The third-order valence-electron chi connectivity index (χ3n) is 13.4. The summed E-state index contributed by atoms with van der Waals surface area (Å²) in [6.07, 6.45) is 9.51. The Hall–Kier alpha value is -7.07. The smallest absolute Gasteiger partial charge is 0.253 e. The van der Waals surface area contributed by atoms with E-state index in [1.807, 2.05) is 111 Å². The molecule has 6 amide bonds. The highest BCUT2D eigenvalue weighted by Crippen LogP contribution is 2.31. The summed E-state index contributed by atoms with van der Waals surface area (Å²) in [4.78, 5) is 89.9. The van der Waals surface area contributed by atoms with E-state index in [2.05, 4.69) is 36.6 Å². The molecular weight excluding hydrogens is 1050 g/mol. The maximum atomic E-state index is 14.0. The molecule has 0 unspecified atom stereocenters. The molecule has 0 bridgehead atoms. The minimum atomic E-state index is -3.54. The van der Waals surface area contributed by atoms with Crippen molar-refractivity contribution < 1.29 is 42.3 Å². The second-order valence-corrected chi connectivity index (χ2v) is 24.3. The minimum absolute atomic E-state index is 0.0113. The largest absolute Gasteiger partial charge is 0.391 e. The van der Waals surface area contributed by atoms with Crippen molar-refractivity contribution in [3.05, 3.63) is 125 Å². The summed E-state index contributed by atoms with van der Waals surface area (Å²) in [6, 6.07) is 23.3. The number of carbonyl (C=O) groups is 6. The Bertz CT molecular complexity index is 3180. The van der Waals surface area contributed by atoms with Gasteiger partial charge in [0.05, 0.1) is 46.2 Å². The van der Waals surface area contributed by atoms with Crippen molar-refractivity contribution in [2.45, 2.75) is 123 Å². The molecule has 1 fully saturated rings. The van der Waals surface area contributed by atoms with Gasteiger partial charge in [0.25, 0.3) is 5.91 Å². The van der Waals surface area contributed by atoms with Crippen molar-refractivity contribution in [3.8, 4) is 32.8 Å². The number of nitrogens with one attached hydrogen (secondary N) is 5. The highest BCUT2D eigenvalue weighted by molar-refractivity contribution is 7.89. The van der Waals surface area contributed by atoms with E-state index in [4.69, 9.17) is 0 Å². The van der Waals surface area contributed by atoms with E-state index in [0.29, 0.717) is 30.2 Å². The second kappa shape index (κ2) is 27.0. The molecule has 21 heteroatoms. The first-order valence-corrected chi connectivity index (χ1v) is 29.8. The lowest BCUT2D eigenvalue weighted by Gasteiger charge is -2.35. The number of aliphatic hydroxyl groups excluding tert-OH is 1. The van der Waals surface area contributed by atoms with Gasteiger partial charge < -0.3 is 36.6 Å². The Morgan fingerprint density at radius 3 is 2.08 bits per heavy atom. The van der Waals surface area contributed by atoms with Crippen LogP contribution in [0.25, 0.3) is 32.8 Å². The molecule has 3 atom stereocenters. The molecule has 0 spiro atoms. The lowest BCUT2D eigenvalue weighted by Crippen LogP contribution is -2.57. The van der Waals surface area contributed by atoms with Crippen LogP contribution >= 0.6 is 22.7 Å². The monoisotopic (exact) mass is 1120 g/mol. The Balaban J connectivity index is 0.761. The predicted molar refractivity (Wildman–Crippen MR) is 304 cm³/mol. The summed E-state index contributed by atoms with van der Waals surface area (Å²) in [5, 5.41) is 26.9. The maximum Gasteiger partial charge on any atom is 0.253 e. The van der Waals surface area contributed by atoms with Gasteiger partial charge in [0.2, 0.25) is 39.6 Å². The van der Waals surface area contributed by atoms with Crippen LogP contribution in [0.2, 0.25) is 0 Å². The van der Waals surface area contributed by atoms with Gasteiger partial charge in [0, 0.05) is 62.2 Å². The summed E-state index contributed by atoms with van der Waals surface area (Å²) in [5.74, 6) is -2.06. The summed E-state index contributed by atoms with van der Waals surface area (Å²) in [6.45, 7) is 7.92. The summed E-state index contributed by atoms with van der Waals surface area (Å²) >= 11 is 2.81. The number of aryl methyl sites for hydroxylation is 1. The zero-order valence-corrected chi connectivity index (χ0v) is 47.1. The van der Waals surface area contributed by atoms with E-state index in [1.165, 1.54) is 34.7 Å². The average Bonchev–Trinajstić information content (AvgIpc) is 4.28. The van der Waals surface area contributed by atoms with E-state index in [0.717, 1.165) is 92.7 Å². The number of likely N-dealkylation sites (tertiary alicyclic amines) is 1. The Kier molecular flexibility index (Phi) is 20.3. The van der Waals surface area contributed by atoms with Gasteiger partial charge in [0.15, 0.2) is 5.13 Å². The standard InChI is InChI=1S/C57H69N9O9S3/c1-37-51(77-36-61-37)40-23-21-38(22-24-40)30-59-54(72)47-29-45(67)34-66(47)55(73)52(57(2,3)4)63-49(69)20-12-10-8-6-7-9-11-19-48(68)58-31-39-15-13-16-41(27-39)42-17-14-18-43(28-42)46-35-76-56(62-46)64-50(70)32-60-53(71)44-25-26-65(33-44)78(5,74)75/h13-18,21-28,33,35-36,45,47,52,67H,6-12,19-20,29-32,34H2,1-5H3,(H,58,68)(H,59,72)(H,60,71)(H,63,69)(H,62,64,70)/t45-,47+,52-/m1/s1. The molecule has 6 aromatic rings. The average molecular weight is 1120 g/mol. The molecule has 3 aromatic heterocycles. The fourth-order valence-corrected chi connectivity index (χ4v) is 11.2. The third-order valence-corrected chi connectivity index (χ3v) is 16.1. The van der Waals surface area contributed by atoms with E-state index in [9.17, 15) is 42.3 Å². The van der Waals surface area contributed by atoms with E-state index >= 15 is 0 Å². The number of β-amino-alcohol motifs (C(OH)–C–C–N with tert-alkyl or cyclic N) is 1. The molecule has 18 nitrogen and oxygen atoms in total. The van der Waals surface area contributed by atoms with E-state index in [1.54, 1.807) is 11.3 Å². The van der Waals surface area contributed by atoms with Crippen LogP contribution in [0.3, 0.4) is 0 Å². The zero-order valence-electron chi connectivity index (χ0n) is 44.7. The van der Waals surface area contributed by atoms with Gasteiger partial charge in [-0.2, -0.15) is 0 Å². The lowest BCUT2D eigenvalue weighted by atomic mass is 9.85. The highest BCUT2D eigenvalue weighted by atomic mass is 32.2. The van der Waals surface area contributed by atoms with Gasteiger partial charge in [-0.25, -0.2) is 18.4 Å². The quantitative estimate of drug-likeness (QED) is 0.0302. The Morgan fingerprint density at radius 1 is 0.756 bits per heavy atom. The first-order chi connectivity index (χ1) is 37.2. The Labute approximate surface area is 463 Å². The Morgan fingerprint density at radius 2 is 1.41 bits per heavy atom. The summed E-state index contributed by atoms with van der Waals surface area (Å²) in [5.41, 5.74) is 8.56. The molecular formula is C57H69N9O9S3. The van der Waals surface area contributed by atoms with E-state index < -0.39 is 45.4 Å². The van der Waals surface area contributed by atoms with Crippen molar-refractivity contribution >= 4 is 73.3 Å². The van der Waals surface area contributed by atoms with Gasteiger partial charge in [-0.1, -0.05) is 114 Å². The van der Waals surface area contributed by atoms with Crippen LogP contribution in [0.15, 0.2) is 102 Å². The molecule has 1 aliphatic rings. The molecule has 414 valence electrons. The van der Waals surface area contributed by atoms with Crippen LogP contribution < -0.4 is 26.6 Å². The molecule has 0 radical (unpaired) electrons. The van der Waals surface area contributed by atoms with Gasteiger partial charge in [-0.05, 0) is 71.2 Å². The number of hydrogen-bond acceptors (Lipinski definition) is 13. The lowest BCUT2D eigenvalue weighted by molar-refractivity contribution is -0.144. The number of carbonyl (C=O) groups excluding carboxylic acids is 6. The molecule has 6 N–H and O–H groups in total. The molecule has 1 saturated heterocycles. The van der Waals surface area contributed by atoms with Crippen LogP contribution in [0.4, 0.5) is 5.13 Å². The fourth-order valence-electron chi connectivity index (χ4n) is 9.08. The normalized spacial score (nSPS) is 14.9. The van der Waals surface area contributed by atoms with Crippen molar-refractivity contribution in [1.29, 1.82) is 0 Å². The zero-order chi connectivity index (χ0) is 56.0. The van der Waals surface area contributed by atoms with Crippen molar-refractivity contribution in [1.82, 2.24) is 40.1 Å². The topological polar surface area (TPSA) is 251 Å². The molecule has 7 rings (SSSR count). The third kappa shape index (κ3) is 16.7. The van der Waals surface area contributed by atoms with Gasteiger partial charge in [0.1, 0.15) is 12.1 Å². The van der Waals surface area contributed by atoms with Gasteiger partial charge in [-0.15, -0.1) is 22.7 Å². The van der Waals surface area contributed by atoms with Crippen LogP contribution in [0.1, 0.15) is 112 Å². The van der Waals surface area contributed by atoms with Crippen LogP contribution in [-0.4, -0.2) is 105 Å². The number of thiazole rings is 2. The van der Waals surface area contributed by atoms with Crippen molar-refractivity contribution in [2.24, 2.45) is 5.41 Å². The SMILES string of the molecule is Cc1ncsc1-c1ccc(CNC(=O)[C@@H]2C[C@@H](O)CN2C(=O)[C@@H](NC(=O)CCCCCCCCCC(=O)NCc2cccc(-c3cccc(-c4csc(NC(=O)CNC(=O)c5ccn(S(C)(=O)=O)c5)n4)c3)c2)C(C)(C)C)cc1. The predicted octanol–water partition coefficient (Wildman–Crippen LogP) is 7.82. The molecule has 78 heavy (non-hydrogen) atoms. The summed E-state index contributed by atoms with van der Waals surface area (Å²) < 4.78 is 24.3. The first-order valence-electron chi connectivity index (χ1n) is 26.2. The van der Waals surface area contributed by atoms with Crippen LogP contribution in [0.5, 0.6) is 0 Å². The van der Waals surface area contributed by atoms with Gasteiger partial charge >= 0.3 is 0 Å². The van der Waals surface area contributed by atoms with Crippen LogP contribution in [-0.2, 0) is 47.1 Å². The van der Waals surface area contributed by atoms with E-state index in [-0.39, 0.29) is 61.7 Å². The number of aliphatic hydroxyl groups is 1. The molecule has 0 saturated carbocycles. The first kappa shape index (κ1) is 58.6. The second-order valence-electron chi connectivity index (χ2n) is 20.7. The number of nitrogens with zero attached hydrogens (tertiary/aromatic N) is 4. The maximum absolute atomic E-state index is 14.0. The molecule has 3 aromatic carbocycles. The highest BCUT2D eigenvalue weighted by Gasteiger charge is 2.44. The van der Waals surface area contributed by atoms with Crippen molar-refractivity contribution in [2.75, 3.05) is 24.7 Å². The van der Waals surface area contributed by atoms with Crippen LogP contribution in [0, 0.1) is 12.3 Å². The fraction of sp³-hybridized carbons (Fsp3) is 0.404. The number of hydrogen-bond donors (Lipinski definition) is 6. The minimum Gasteiger partial charge on any atom is -0.391 e. The van der Waals surface area contributed by atoms with Gasteiger partial charge in [-0.3, -0.25) is 32.7 Å². The number of rotatable bonds is 25. The molecule has 0 aliphatic carbocycles. The number of benzene rings is 3. The number of amides is 6. The van der Waals surface area contributed by atoms with Crippen molar-refractivity contribution in [3.63, 3.8) is 0 Å². The molecule has 1 aliphatic heterocycles. The summed E-state index contributed by atoms with van der Waals surface area (Å²) in [7, 11) is -3.54. The molecule has 4 heterocycles. The number of aromatic nitrogens is 3. The number of anilines is 1. The number of unbranched alkanes of at least 4 members (excludes halogenated alkanes) is 6.